The van der Waals surface area contributed by atoms with Gasteiger partial charge in [-0.05, 0) is 220 Å². The second-order valence-electron chi connectivity index (χ2n) is 31.3. The standard InChI is InChI=1S/C90H68.4C5H5.2Co/c1-45-29-49(5)81(50(6)30-45)85-61-25-17-13-21-57(61)65-37-77-69(41-73(65)85)70-42-74-66(58-22-14-18-26-62(58)86(74)82-51(7)31-46(2)32-52(82)8)38-78(70)89(77)90-79-39-67-59-23-15-19-27-63(59)87(83-53(9)33-47(3)34-54(83)10)75(67)43-71(79)72-44-76-68(40-80(72)90)60-24-16-20-28-64(60)88(76)84-55(11)35-48(4)36-56(84)12;4*1-2-4-5-3-1;;/h13-44H,1-12H3;4*1-3H,4H2;;/q-2;4*-1;2*+3. The summed E-state index contributed by atoms with van der Waals surface area (Å²) in [5.74, 6) is 0. The Morgan fingerprint density at radius 2 is 0.509 bits per heavy atom. The number of allylic oxidation sites excluding steroid dienone is 16. The molecule has 0 heterocycles. The quantitative estimate of drug-likeness (QED) is 0.151. The van der Waals surface area contributed by atoms with Crippen molar-refractivity contribution < 1.29 is 33.6 Å². The van der Waals surface area contributed by atoms with Gasteiger partial charge in [0.2, 0.25) is 0 Å². The summed E-state index contributed by atoms with van der Waals surface area (Å²) in [6, 6.07) is 76.9. The van der Waals surface area contributed by atoms with E-state index in [0.717, 1.165) is 25.7 Å². The minimum atomic E-state index is 0. The molecule has 0 aliphatic heterocycles. The zero-order chi connectivity index (χ0) is 75.3. The van der Waals surface area contributed by atoms with E-state index in [1.54, 1.807) is 0 Å². The third kappa shape index (κ3) is 12.7. The van der Waals surface area contributed by atoms with E-state index in [0.29, 0.717) is 0 Å². The molecule has 22 rings (SSSR count). The second-order valence-corrected chi connectivity index (χ2v) is 31.3. The Morgan fingerprint density at radius 1 is 0.232 bits per heavy atom. The molecule has 14 aromatic carbocycles. The van der Waals surface area contributed by atoms with Gasteiger partial charge >= 0.3 is 33.6 Å². The van der Waals surface area contributed by atoms with Crippen molar-refractivity contribution in [2.45, 2.75) is 109 Å². The molecule has 112 heavy (non-hydrogen) atoms. The number of fused-ring (bicyclic) bond motifs is 14. The van der Waals surface area contributed by atoms with Gasteiger partial charge in [0.05, 0.1) is 0 Å². The number of aryl methyl sites for hydroxylation is 12. The van der Waals surface area contributed by atoms with Crippen LogP contribution in [-0.2, 0) is 33.6 Å². The molecule has 0 amide bonds. The first-order valence-corrected chi connectivity index (χ1v) is 39.2. The van der Waals surface area contributed by atoms with Crippen LogP contribution in [0.1, 0.15) is 126 Å². The molecular weight excluding hydrogens is 1440 g/mol. The topological polar surface area (TPSA) is 0 Å². The predicted octanol–water partition coefficient (Wildman–Crippen LogP) is 24.0. The molecule has 0 bridgehead atoms. The van der Waals surface area contributed by atoms with Crippen LogP contribution in [-0.4, -0.2) is 0 Å². The van der Waals surface area contributed by atoms with Gasteiger partial charge in [-0.1, -0.05) is 307 Å². The van der Waals surface area contributed by atoms with Gasteiger partial charge in [0.1, 0.15) is 0 Å². The summed E-state index contributed by atoms with van der Waals surface area (Å²) < 4.78 is 0. The van der Waals surface area contributed by atoms with Crippen LogP contribution >= 0.6 is 0 Å². The SMILES string of the molecule is Cc1cc(C)c(C2=c3ccccc3=c3cc4c(cc32)=c2cc3c(cc2=C4C2=c4cc5c6ccccc6[c-](-c6c(C)cc(C)cc6C)c5cc4=c4cc5c(cc42)=c2ccccc2=C5c2c(C)cc(C)cc2C)c2ccccc2[c-]3-c2c(C)cc(C)cc2C)c(C)c1.[C-]1=CC=CC1.[C-]1=CC=CC1.[C-]1=CC=CC1.[C-]1=CC=CC1.[Co+3].[Co+3]. The van der Waals surface area contributed by atoms with Crippen LogP contribution in [0.5, 0.6) is 0 Å². The first-order valence-electron chi connectivity index (χ1n) is 39.2. The van der Waals surface area contributed by atoms with E-state index in [9.17, 15) is 0 Å². The fourth-order valence-corrected chi connectivity index (χ4v) is 19.7. The van der Waals surface area contributed by atoms with Gasteiger partial charge < -0.3 is 0 Å². The van der Waals surface area contributed by atoms with Crippen molar-refractivity contribution in [3.63, 3.8) is 0 Å². The van der Waals surface area contributed by atoms with Gasteiger partial charge in [0.15, 0.2) is 0 Å². The van der Waals surface area contributed by atoms with E-state index in [2.05, 4.69) is 326 Å². The number of benzene rings is 12. The molecule has 14 aromatic rings. The maximum atomic E-state index is 2.99. The Kier molecular flexibility index (Phi) is 20.4. The molecule has 0 fully saturated rings. The summed E-state index contributed by atoms with van der Waals surface area (Å²) in [6.45, 7) is 27.4. The average molecular weight is 1530 g/mol. The van der Waals surface area contributed by atoms with Gasteiger partial charge in [0, 0.05) is 0 Å². The molecule has 2 heteroatoms. The normalized spacial score (nSPS) is 13.8. The van der Waals surface area contributed by atoms with E-state index < -0.39 is 0 Å². The van der Waals surface area contributed by atoms with Crippen molar-refractivity contribution in [3.8, 4) is 22.3 Å². The first-order chi connectivity index (χ1) is 53.6. The van der Waals surface area contributed by atoms with Crippen LogP contribution in [0.2, 0.25) is 0 Å². The fraction of sp³-hybridized carbons (Fsp3) is 0.145. The largest absolute Gasteiger partial charge is 3.00 e. The predicted molar refractivity (Wildman–Crippen MR) is 464 cm³/mol. The minimum Gasteiger partial charge on any atom is -0.273 e. The molecule has 546 valence electrons. The van der Waals surface area contributed by atoms with E-state index >= 15 is 0 Å². The molecule has 0 N–H and O–H groups in total. The molecule has 0 saturated carbocycles. The molecular formula is C110H88Co2. The third-order valence-electron chi connectivity index (χ3n) is 23.6. The maximum absolute atomic E-state index is 2.99. The smallest absolute Gasteiger partial charge is 0.273 e. The Morgan fingerprint density at radius 3 is 0.804 bits per heavy atom. The Labute approximate surface area is 678 Å². The van der Waals surface area contributed by atoms with Crippen LogP contribution in [0.15, 0.2) is 267 Å². The maximum Gasteiger partial charge on any atom is 3.00 e. The first kappa shape index (κ1) is 74.9. The van der Waals surface area contributed by atoms with Crippen LogP contribution in [0, 0.1) is 149 Å². The van der Waals surface area contributed by atoms with Crippen LogP contribution in [0.25, 0.3) is 87.6 Å². The van der Waals surface area contributed by atoms with Crippen molar-refractivity contribution in [2.24, 2.45) is 0 Å². The van der Waals surface area contributed by atoms with Gasteiger partial charge in [0.25, 0.3) is 0 Å². The zero-order valence-electron chi connectivity index (χ0n) is 65.9. The molecule has 0 spiro atoms. The molecule has 0 saturated heterocycles. The summed E-state index contributed by atoms with van der Waals surface area (Å²) in [6.07, 6.45) is 40.0. The number of rotatable bonds is 5. The van der Waals surface area contributed by atoms with Gasteiger partial charge in [-0.25, -0.2) is 48.6 Å². The van der Waals surface area contributed by atoms with E-state index in [4.69, 9.17) is 0 Å². The summed E-state index contributed by atoms with van der Waals surface area (Å²) in [7, 11) is 0. The molecule has 0 atom stereocenters. The average Bonchev–Trinajstić information content (AvgIpc) is 1.52. The Hall–Kier alpha value is -11.2. The number of hydrogen-bond acceptors (Lipinski definition) is 0. The minimum absolute atomic E-state index is 0. The van der Waals surface area contributed by atoms with Crippen molar-refractivity contribution >= 4 is 65.4 Å². The Balaban J connectivity index is 0.000000377. The summed E-state index contributed by atoms with van der Waals surface area (Å²) in [5, 5.41) is 26.0. The molecule has 0 aromatic heterocycles. The monoisotopic (exact) mass is 1530 g/mol. The van der Waals surface area contributed by atoms with Gasteiger partial charge in [-0.2, -0.15) is 24.3 Å². The van der Waals surface area contributed by atoms with Crippen molar-refractivity contribution in [1.82, 2.24) is 0 Å². The molecule has 8 aliphatic rings. The molecule has 0 unspecified atom stereocenters. The summed E-state index contributed by atoms with van der Waals surface area (Å²) in [5.41, 5.74) is 34.3. The van der Waals surface area contributed by atoms with Gasteiger partial charge in [-0.15, -0.1) is 25.7 Å². The van der Waals surface area contributed by atoms with Crippen LogP contribution < -0.4 is 20.9 Å². The van der Waals surface area contributed by atoms with E-state index in [1.807, 2.05) is 48.6 Å². The third-order valence-corrected chi connectivity index (χ3v) is 23.6. The zero-order valence-corrected chi connectivity index (χ0v) is 68.0. The van der Waals surface area contributed by atoms with Crippen molar-refractivity contribution in [3.05, 3.63) is 454 Å². The van der Waals surface area contributed by atoms with Gasteiger partial charge in [-0.3, -0.25) is 24.3 Å². The van der Waals surface area contributed by atoms with E-state index in [1.165, 1.54) is 250 Å². The fourth-order valence-electron chi connectivity index (χ4n) is 19.7. The Bertz CT molecular complexity index is 6760. The van der Waals surface area contributed by atoms with Crippen molar-refractivity contribution in [1.29, 1.82) is 0 Å². The van der Waals surface area contributed by atoms with Crippen molar-refractivity contribution in [2.75, 3.05) is 0 Å². The second kappa shape index (κ2) is 30.5. The number of hydrogen-bond donors (Lipinski definition) is 0. The summed E-state index contributed by atoms with van der Waals surface area (Å²) in [4.78, 5) is 0. The molecule has 0 nitrogen and oxygen atoms in total. The molecule has 8 aliphatic carbocycles. The summed E-state index contributed by atoms with van der Waals surface area (Å²) >= 11 is 0. The molecule has 0 radical (unpaired) electrons. The van der Waals surface area contributed by atoms with Crippen LogP contribution in [0.4, 0.5) is 0 Å². The van der Waals surface area contributed by atoms with Crippen LogP contribution in [0.3, 0.4) is 0 Å². The van der Waals surface area contributed by atoms with E-state index in [-0.39, 0.29) is 33.6 Å².